The number of amides is 1. The van der Waals surface area contributed by atoms with Crippen molar-refractivity contribution in [2.45, 2.75) is 71.3 Å². The minimum absolute atomic E-state index is 0.134. The van der Waals surface area contributed by atoms with Gasteiger partial charge in [0.2, 0.25) is 0 Å². The Hall–Kier alpha value is -0.250. The van der Waals surface area contributed by atoms with Gasteiger partial charge in [-0.1, -0.05) is 15.9 Å². The molecule has 0 aromatic carbocycles. The van der Waals surface area contributed by atoms with E-state index in [1.165, 1.54) is 32.1 Å². The maximum absolute atomic E-state index is 12.1. The molecular formula is C17H30BrNO2. The summed E-state index contributed by atoms with van der Waals surface area (Å²) in [7, 11) is 0. The summed E-state index contributed by atoms with van der Waals surface area (Å²) in [4.78, 5) is 14.0. The molecule has 1 saturated carbocycles. The second-order valence-electron chi connectivity index (χ2n) is 7.89. The number of alkyl halides is 1. The molecule has 0 radical (unpaired) electrons. The lowest BCUT2D eigenvalue weighted by atomic mass is 9.65. The molecule has 1 aliphatic carbocycles. The number of nitrogens with zero attached hydrogens (tertiary/aromatic N) is 1. The van der Waals surface area contributed by atoms with Crippen molar-refractivity contribution in [2.75, 3.05) is 18.4 Å². The number of ether oxygens (including phenoxy) is 1. The topological polar surface area (TPSA) is 29.5 Å². The molecular weight excluding hydrogens is 330 g/mol. The molecule has 2 aliphatic rings. The van der Waals surface area contributed by atoms with E-state index < -0.39 is 0 Å². The van der Waals surface area contributed by atoms with Crippen molar-refractivity contribution in [1.82, 2.24) is 4.90 Å². The van der Waals surface area contributed by atoms with Crippen molar-refractivity contribution >= 4 is 22.0 Å². The van der Waals surface area contributed by atoms with Crippen LogP contribution in [0.25, 0.3) is 0 Å². The normalized spacial score (nSPS) is 23.3. The third-order valence-electron chi connectivity index (χ3n) is 5.16. The highest BCUT2D eigenvalue weighted by atomic mass is 79.9. The number of piperidine rings is 1. The fourth-order valence-electron chi connectivity index (χ4n) is 3.72. The summed E-state index contributed by atoms with van der Waals surface area (Å²) in [6.45, 7) is 7.54. The Labute approximate surface area is 137 Å². The van der Waals surface area contributed by atoms with E-state index in [0.29, 0.717) is 5.41 Å². The van der Waals surface area contributed by atoms with Crippen LogP contribution in [0, 0.1) is 11.3 Å². The van der Waals surface area contributed by atoms with Crippen molar-refractivity contribution in [3.8, 4) is 0 Å². The minimum atomic E-state index is -0.389. The summed E-state index contributed by atoms with van der Waals surface area (Å²) in [5.74, 6) is 0.916. The molecule has 1 spiro atoms. The lowest BCUT2D eigenvalue weighted by molar-refractivity contribution is 0.00136. The van der Waals surface area contributed by atoms with E-state index in [1.807, 2.05) is 25.7 Å². The molecule has 0 aromatic heterocycles. The second kappa shape index (κ2) is 6.89. The molecule has 1 amide bonds. The third-order valence-corrected chi connectivity index (χ3v) is 5.62. The highest BCUT2D eigenvalue weighted by molar-refractivity contribution is 9.09. The SMILES string of the molecule is CC(C)(C)OC(=O)N1CCC2(CCC(CCBr)CC2)CC1. The molecule has 0 bridgehead atoms. The quantitative estimate of drug-likeness (QED) is 0.650. The minimum Gasteiger partial charge on any atom is -0.444 e. The van der Waals surface area contributed by atoms with Crippen LogP contribution in [0.5, 0.6) is 0 Å². The predicted octanol–water partition coefficient (Wildman–Crippen LogP) is 4.98. The average Bonchev–Trinajstić information content (AvgIpc) is 2.41. The Morgan fingerprint density at radius 3 is 2.24 bits per heavy atom. The van der Waals surface area contributed by atoms with Crippen LogP contribution in [0.2, 0.25) is 0 Å². The van der Waals surface area contributed by atoms with Gasteiger partial charge in [-0.05, 0) is 77.0 Å². The molecule has 0 unspecified atom stereocenters. The van der Waals surface area contributed by atoms with Crippen LogP contribution < -0.4 is 0 Å². The maximum atomic E-state index is 12.1. The van der Waals surface area contributed by atoms with E-state index >= 15 is 0 Å². The van der Waals surface area contributed by atoms with E-state index in [4.69, 9.17) is 4.74 Å². The van der Waals surface area contributed by atoms with Crippen LogP contribution in [0.4, 0.5) is 4.79 Å². The average molecular weight is 360 g/mol. The lowest BCUT2D eigenvalue weighted by Gasteiger charge is -2.46. The summed E-state index contributed by atoms with van der Waals surface area (Å²) in [6.07, 6.45) is 8.96. The van der Waals surface area contributed by atoms with Crippen molar-refractivity contribution in [1.29, 1.82) is 0 Å². The van der Waals surface area contributed by atoms with Gasteiger partial charge in [0.15, 0.2) is 0 Å². The summed E-state index contributed by atoms with van der Waals surface area (Å²) in [5.41, 5.74) is 0.126. The van der Waals surface area contributed by atoms with Crippen molar-refractivity contribution in [3.63, 3.8) is 0 Å². The number of carbonyl (C=O) groups is 1. The number of rotatable bonds is 2. The fourth-order valence-corrected chi connectivity index (χ4v) is 4.37. The first-order valence-electron chi connectivity index (χ1n) is 8.37. The van der Waals surface area contributed by atoms with Gasteiger partial charge in [0.1, 0.15) is 5.60 Å². The van der Waals surface area contributed by atoms with Gasteiger partial charge in [0.25, 0.3) is 0 Å². The summed E-state index contributed by atoms with van der Waals surface area (Å²) < 4.78 is 5.48. The summed E-state index contributed by atoms with van der Waals surface area (Å²) in [6, 6.07) is 0. The predicted molar refractivity (Wildman–Crippen MR) is 89.8 cm³/mol. The lowest BCUT2D eigenvalue weighted by Crippen LogP contribution is -2.46. The molecule has 122 valence electrons. The first-order valence-corrected chi connectivity index (χ1v) is 9.50. The molecule has 0 atom stereocenters. The van der Waals surface area contributed by atoms with E-state index in [0.717, 1.165) is 37.2 Å². The van der Waals surface area contributed by atoms with Gasteiger partial charge < -0.3 is 9.64 Å². The Morgan fingerprint density at radius 1 is 1.19 bits per heavy atom. The standard InChI is InChI=1S/C17H30BrNO2/c1-16(2,3)21-15(20)19-12-9-17(10-13-19)7-4-14(5-8-17)6-11-18/h14H,4-13H2,1-3H3. The zero-order valence-electron chi connectivity index (χ0n) is 13.8. The summed E-state index contributed by atoms with van der Waals surface area (Å²) >= 11 is 3.56. The number of likely N-dealkylation sites (tertiary alicyclic amines) is 1. The van der Waals surface area contributed by atoms with Crippen LogP contribution in [0.3, 0.4) is 0 Å². The molecule has 1 aliphatic heterocycles. The smallest absolute Gasteiger partial charge is 0.410 e. The van der Waals surface area contributed by atoms with E-state index in [2.05, 4.69) is 15.9 Å². The molecule has 4 heteroatoms. The monoisotopic (exact) mass is 359 g/mol. The summed E-state index contributed by atoms with van der Waals surface area (Å²) in [5, 5.41) is 1.14. The van der Waals surface area contributed by atoms with Crippen molar-refractivity contribution in [3.05, 3.63) is 0 Å². The molecule has 1 heterocycles. The second-order valence-corrected chi connectivity index (χ2v) is 8.68. The van der Waals surface area contributed by atoms with Crippen molar-refractivity contribution in [2.24, 2.45) is 11.3 Å². The highest BCUT2D eigenvalue weighted by Gasteiger charge is 2.39. The molecule has 2 fully saturated rings. The van der Waals surface area contributed by atoms with Crippen molar-refractivity contribution < 1.29 is 9.53 Å². The van der Waals surface area contributed by atoms with Crippen LogP contribution in [0.1, 0.15) is 65.7 Å². The van der Waals surface area contributed by atoms with Gasteiger partial charge in [-0.2, -0.15) is 0 Å². The molecule has 21 heavy (non-hydrogen) atoms. The first kappa shape index (κ1) is 17.1. The molecule has 1 saturated heterocycles. The Bertz CT molecular complexity index is 346. The fraction of sp³-hybridized carbons (Fsp3) is 0.941. The number of halogens is 1. The largest absolute Gasteiger partial charge is 0.444 e. The van der Waals surface area contributed by atoms with E-state index in [-0.39, 0.29) is 11.7 Å². The molecule has 0 N–H and O–H groups in total. The Balaban J connectivity index is 1.79. The Kier molecular flexibility index (Phi) is 5.61. The van der Waals surface area contributed by atoms with Gasteiger partial charge in [0.05, 0.1) is 0 Å². The van der Waals surface area contributed by atoms with Crippen LogP contribution in [0.15, 0.2) is 0 Å². The first-order chi connectivity index (χ1) is 9.84. The Morgan fingerprint density at radius 2 is 1.76 bits per heavy atom. The molecule has 3 nitrogen and oxygen atoms in total. The number of hydrogen-bond acceptors (Lipinski definition) is 2. The van der Waals surface area contributed by atoms with Crippen LogP contribution in [-0.2, 0) is 4.74 Å². The zero-order valence-corrected chi connectivity index (χ0v) is 15.4. The van der Waals surface area contributed by atoms with Gasteiger partial charge in [-0.25, -0.2) is 4.79 Å². The van der Waals surface area contributed by atoms with E-state index in [9.17, 15) is 4.79 Å². The van der Waals surface area contributed by atoms with Crippen LogP contribution in [-0.4, -0.2) is 35.0 Å². The highest BCUT2D eigenvalue weighted by Crippen LogP contribution is 2.47. The van der Waals surface area contributed by atoms with Gasteiger partial charge in [0, 0.05) is 18.4 Å². The van der Waals surface area contributed by atoms with Gasteiger partial charge in [-0.3, -0.25) is 0 Å². The zero-order chi connectivity index (χ0) is 15.5. The van der Waals surface area contributed by atoms with E-state index in [1.54, 1.807) is 0 Å². The van der Waals surface area contributed by atoms with Gasteiger partial charge >= 0.3 is 6.09 Å². The number of hydrogen-bond donors (Lipinski definition) is 0. The van der Waals surface area contributed by atoms with Crippen LogP contribution >= 0.6 is 15.9 Å². The molecule has 0 aromatic rings. The number of carbonyl (C=O) groups excluding carboxylic acids is 1. The van der Waals surface area contributed by atoms with Gasteiger partial charge in [-0.15, -0.1) is 0 Å². The maximum Gasteiger partial charge on any atom is 0.410 e. The molecule has 2 rings (SSSR count). The third kappa shape index (κ3) is 4.87.